The van der Waals surface area contributed by atoms with E-state index < -0.39 is 0 Å². The first kappa shape index (κ1) is 13.2. The van der Waals surface area contributed by atoms with Crippen molar-refractivity contribution in [3.05, 3.63) is 23.3 Å². The number of hydrogen-bond donors (Lipinski definition) is 0. The SMILES string of the molecule is C=C(C)CCCC(C)(C)C1=C(C)C1C(C)=O. The van der Waals surface area contributed by atoms with Crippen LogP contribution in [0.25, 0.3) is 0 Å². The van der Waals surface area contributed by atoms with Crippen molar-refractivity contribution in [3.63, 3.8) is 0 Å². The van der Waals surface area contributed by atoms with E-state index in [0.29, 0.717) is 5.78 Å². The van der Waals surface area contributed by atoms with Crippen LogP contribution in [0, 0.1) is 11.3 Å². The summed E-state index contributed by atoms with van der Waals surface area (Å²) in [6.07, 6.45) is 3.42. The summed E-state index contributed by atoms with van der Waals surface area (Å²) < 4.78 is 0. The first-order valence-electron chi connectivity index (χ1n) is 6.13. The van der Waals surface area contributed by atoms with Crippen LogP contribution >= 0.6 is 0 Å². The van der Waals surface area contributed by atoms with Gasteiger partial charge in [-0.2, -0.15) is 0 Å². The summed E-state index contributed by atoms with van der Waals surface area (Å²) in [5.74, 6) is 0.473. The molecule has 0 saturated heterocycles. The zero-order valence-corrected chi connectivity index (χ0v) is 11.3. The van der Waals surface area contributed by atoms with Crippen LogP contribution in [0.1, 0.15) is 53.9 Å². The molecule has 0 aliphatic heterocycles. The zero-order chi connectivity index (χ0) is 12.5. The molecule has 1 heteroatoms. The Labute approximate surface area is 99.6 Å². The molecule has 0 amide bonds. The fourth-order valence-electron chi connectivity index (χ4n) is 2.73. The smallest absolute Gasteiger partial charge is 0.141 e. The van der Waals surface area contributed by atoms with Crippen LogP contribution in [0.15, 0.2) is 23.3 Å². The fraction of sp³-hybridized carbons (Fsp3) is 0.667. The lowest BCUT2D eigenvalue weighted by Crippen LogP contribution is -2.13. The summed E-state index contributed by atoms with van der Waals surface area (Å²) >= 11 is 0. The summed E-state index contributed by atoms with van der Waals surface area (Å²) in [5.41, 5.74) is 4.14. The Balaban J connectivity index is 2.52. The molecule has 1 aliphatic carbocycles. The second kappa shape index (κ2) is 4.57. The van der Waals surface area contributed by atoms with E-state index >= 15 is 0 Å². The van der Waals surface area contributed by atoms with Crippen LogP contribution in [0.5, 0.6) is 0 Å². The van der Waals surface area contributed by atoms with E-state index in [1.807, 2.05) is 0 Å². The first-order chi connectivity index (χ1) is 7.27. The molecule has 90 valence electrons. The third-order valence-electron chi connectivity index (χ3n) is 3.60. The molecule has 1 rings (SSSR count). The molecule has 1 aliphatic rings. The van der Waals surface area contributed by atoms with Crippen LogP contribution in [0.2, 0.25) is 0 Å². The number of allylic oxidation sites excluding steroid dienone is 3. The Kier molecular flexibility index (Phi) is 3.77. The molecule has 0 saturated carbocycles. The van der Waals surface area contributed by atoms with Gasteiger partial charge in [0.05, 0.1) is 5.92 Å². The zero-order valence-electron chi connectivity index (χ0n) is 11.3. The average Bonchev–Trinajstić information content (AvgIpc) is 2.76. The molecule has 0 heterocycles. The first-order valence-corrected chi connectivity index (χ1v) is 6.13. The molecule has 0 spiro atoms. The molecule has 0 bridgehead atoms. The predicted octanol–water partition coefficient (Wildman–Crippen LogP) is 4.29. The van der Waals surface area contributed by atoms with Crippen LogP contribution < -0.4 is 0 Å². The summed E-state index contributed by atoms with van der Waals surface area (Å²) in [5, 5.41) is 0. The lowest BCUT2D eigenvalue weighted by molar-refractivity contribution is -0.117. The fourth-order valence-corrected chi connectivity index (χ4v) is 2.73. The van der Waals surface area contributed by atoms with Crippen LogP contribution in [0.4, 0.5) is 0 Å². The molecule has 0 radical (unpaired) electrons. The predicted molar refractivity (Wildman–Crippen MR) is 69.3 cm³/mol. The van der Waals surface area contributed by atoms with Crippen LogP contribution in [0.3, 0.4) is 0 Å². The van der Waals surface area contributed by atoms with Crippen molar-refractivity contribution in [2.75, 3.05) is 0 Å². The highest BCUT2D eigenvalue weighted by molar-refractivity contribution is 5.90. The molecule has 1 atom stereocenters. The molecule has 0 N–H and O–H groups in total. The van der Waals surface area contributed by atoms with Crippen molar-refractivity contribution in [2.24, 2.45) is 11.3 Å². The van der Waals surface area contributed by atoms with E-state index in [1.54, 1.807) is 6.92 Å². The highest BCUT2D eigenvalue weighted by atomic mass is 16.1. The van der Waals surface area contributed by atoms with Crippen molar-refractivity contribution in [3.8, 4) is 0 Å². The number of Topliss-reactive ketones (excluding diaryl/α,β-unsaturated/α-hetero) is 1. The molecular weight excluding hydrogens is 196 g/mol. The van der Waals surface area contributed by atoms with E-state index in [2.05, 4.69) is 34.3 Å². The largest absolute Gasteiger partial charge is 0.299 e. The van der Waals surface area contributed by atoms with Gasteiger partial charge < -0.3 is 0 Å². The van der Waals surface area contributed by atoms with E-state index in [4.69, 9.17) is 0 Å². The second-order valence-electron chi connectivity index (χ2n) is 5.83. The third kappa shape index (κ3) is 2.84. The van der Waals surface area contributed by atoms with Gasteiger partial charge in [0.25, 0.3) is 0 Å². The van der Waals surface area contributed by atoms with Crippen molar-refractivity contribution in [1.29, 1.82) is 0 Å². The number of hydrogen-bond acceptors (Lipinski definition) is 1. The summed E-state index contributed by atoms with van der Waals surface area (Å²) in [4.78, 5) is 11.4. The van der Waals surface area contributed by atoms with Crippen molar-refractivity contribution in [2.45, 2.75) is 53.9 Å². The highest BCUT2D eigenvalue weighted by Crippen LogP contribution is 2.52. The Morgan fingerprint density at radius 1 is 1.38 bits per heavy atom. The van der Waals surface area contributed by atoms with Crippen molar-refractivity contribution >= 4 is 5.78 Å². The van der Waals surface area contributed by atoms with Gasteiger partial charge >= 0.3 is 0 Å². The van der Waals surface area contributed by atoms with Gasteiger partial charge in [-0.1, -0.05) is 30.6 Å². The standard InChI is InChI=1S/C15H24O/c1-10(2)8-7-9-15(5,6)14-11(3)13(14)12(4)16/h13H,1,7-9H2,2-6H3. The van der Waals surface area contributed by atoms with E-state index in [1.165, 1.54) is 23.1 Å². The Morgan fingerprint density at radius 2 is 1.94 bits per heavy atom. The maximum Gasteiger partial charge on any atom is 0.141 e. The molecule has 0 aromatic carbocycles. The molecule has 1 unspecified atom stereocenters. The minimum absolute atomic E-state index is 0.167. The third-order valence-corrected chi connectivity index (χ3v) is 3.60. The maximum atomic E-state index is 11.4. The van der Waals surface area contributed by atoms with Gasteiger partial charge in [-0.25, -0.2) is 0 Å². The topological polar surface area (TPSA) is 17.1 Å². The van der Waals surface area contributed by atoms with Crippen molar-refractivity contribution < 1.29 is 4.79 Å². The van der Waals surface area contributed by atoms with Crippen LogP contribution in [-0.2, 0) is 4.79 Å². The van der Waals surface area contributed by atoms with Gasteiger partial charge in [0.15, 0.2) is 0 Å². The van der Waals surface area contributed by atoms with Crippen LogP contribution in [-0.4, -0.2) is 5.78 Å². The molecule has 16 heavy (non-hydrogen) atoms. The van der Waals surface area contributed by atoms with E-state index in [-0.39, 0.29) is 11.3 Å². The van der Waals surface area contributed by atoms with Crippen molar-refractivity contribution in [1.82, 2.24) is 0 Å². The van der Waals surface area contributed by atoms with Gasteiger partial charge in [0.1, 0.15) is 5.78 Å². The Hall–Kier alpha value is -0.850. The highest BCUT2D eigenvalue weighted by Gasteiger charge is 2.44. The second-order valence-corrected chi connectivity index (χ2v) is 5.83. The van der Waals surface area contributed by atoms with Gasteiger partial charge in [-0.05, 0) is 45.4 Å². The number of ketones is 1. The van der Waals surface area contributed by atoms with E-state index in [0.717, 1.165) is 12.8 Å². The van der Waals surface area contributed by atoms with Gasteiger partial charge in [0.2, 0.25) is 0 Å². The Bertz CT molecular complexity index is 344. The minimum atomic E-state index is 0.167. The molecule has 1 nitrogen and oxygen atoms in total. The molecular formula is C15H24O. The number of carbonyl (C=O) groups is 1. The normalized spacial score (nSPS) is 19.9. The molecule has 0 aromatic rings. The average molecular weight is 220 g/mol. The Morgan fingerprint density at radius 3 is 2.31 bits per heavy atom. The lowest BCUT2D eigenvalue weighted by atomic mass is 9.82. The number of rotatable bonds is 6. The minimum Gasteiger partial charge on any atom is -0.299 e. The monoisotopic (exact) mass is 220 g/mol. The van der Waals surface area contributed by atoms with Gasteiger partial charge in [-0.15, -0.1) is 6.58 Å². The van der Waals surface area contributed by atoms with E-state index in [9.17, 15) is 4.79 Å². The summed E-state index contributed by atoms with van der Waals surface area (Å²) in [6, 6.07) is 0. The summed E-state index contributed by atoms with van der Waals surface area (Å²) in [6.45, 7) is 14.3. The lowest BCUT2D eigenvalue weighted by Gasteiger charge is -2.23. The van der Waals surface area contributed by atoms with Gasteiger partial charge in [-0.3, -0.25) is 4.79 Å². The summed E-state index contributed by atoms with van der Waals surface area (Å²) in [7, 11) is 0. The molecule has 0 aromatic heterocycles. The number of carbonyl (C=O) groups excluding carboxylic acids is 1. The molecule has 0 fully saturated rings. The maximum absolute atomic E-state index is 11.4. The van der Waals surface area contributed by atoms with Gasteiger partial charge in [0, 0.05) is 0 Å². The quantitative estimate of drug-likeness (QED) is 0.610.